The maximum absolute atomic E-state index is 12.3. The minimum absolute atomic E-state index is 0.0363. The highest BCUT2D eigenvalue weighted by molar-refractivity contribution is 5.97. The summed E-state index contributed by atoms with van der Waals surface area (Å²) in [6, 6.07) is 13.7. The lowest BCUT2D eigenvalue weighted by Gasteiger charge is -2.08. The molecule has 0 bridgehead atoms. The predicted octanol–water partition coefficient (Wildman–Crippen LogP) is 4.60. The van der Waals surface area contributed by atoms with E-state index < -0.39 is 11.6 Å². The highest BCUT2D eigenvalue weighted by Gasteiger charge is 2.12. The summed E-state index contributed by atoms with van der Waals surface area (Å²) in [5.74, 6) is 0.0672. The average Bonchev–Trinajstić information content (AvgIpc) is 2.74. The van der Waals surface area contributed by atoms with Crippen molar-refractivity contribution in [2.45, 2.75) is 39.7 Å². The number of rotatable bonds is 9. The van der Waals surface area contributed by atoms with Gasteiger partial charge in [0.1, 0.15) is 17.9 Å². The molecule has 3 rings (SSSR count). The summed E-state index contributed by atoms with van der Waals surface area (Å²) in [5.41, 5.74) is 2.01. The topological polar surface area (TPSA) is 82.8 Å². The Balaban J connectivity index is 1.54. The summed E-state index contributed by atoms with van der Waals surface area (Å²) in [7, 11) is 0. The number of fused-ring (bicyclic) bond motifs is 1. The third-order valence-corrected chi connectivity index (χ3v) is 4.58. The first-order valence-electron chi connectivity index (χ1n) is 9.91. The van der Waals surface area contributed by atoms with Crippen molar-refractivity contribution in [1.82, 2.24) is 0 Å². The monoisotopic (exact) mass is 408 g/mol. The Morgan fingerprint density at radius 2 is 1.77 bits per heavy atom. The molecule has 0 N–H and O–H groups in total. The molecule has 1 aromatic heterocycles. The van der Waals surface area contributed by atoms with Crippen LogP contribution >= 0.6 is 0 Å². The number of ether oxygens (including phenoxy) is 2. The number of Topliss-reactive ketones (excluding diaryl/α,β-unsaturated/α-hetero) is 1. The Bertz CT molecular complexity index is 1090. The molecule has 30 heavy (non-hydrogen) atoms. The van der Waals surface area contributed by atoms with E-state index in [-0.39, 0.29) is 25.2 Å². The summed E-state index contributed by atoms with van der Waals surface area (Å²) in [6.45, 7) is 4.49. The third-order valence-electron chi connectivity index (χ3n) is 4.58. The number of benzene rings is 2. The van der Waals surface area contributed by atoms with Crippen LogP contribution in [-0.2, 0) is 16.1 Å². The zero-order valence-electron chi connectivity index (χ0n) is 17.1. The molecule has 0 unspecified atom stereocenters. The molecule has 0 radical (unpaired) electrons. The summed E-state index contributed by atoms with van der Waals surface area (Å²) in [6.07, 6.45) is 0.919. The molecule has 0 atom stereocenters. The van der Waals surface area contributed by atoms with Gasteiger partial charge in [-0.2, -0.15) is 0 Å². The molecule has 0 aliphatic rings. The second-order valence-electron chi connectivity index (χ2n) is 7.05. The number of esters is 1. The van der Waals surface area contributed by atoms with Crippen LogP contribution in [0.1, 0.15) is 47.7 Å². The summed E-state index contributed by atoms with van der Waals surface area (Å²) in [5, 5.41) is 0.717. The molecular formula is C24H24O6. The van der Waals surface area contributed by atoms with Gasteiger partial charge in [-0.1, -0.05) is 19.1 Å². The van der Waals surface area contributed by atoms with Gasteiger partial charge in [0.2, 0.25) is 0 Å². The molecule has 0 saturated heterocycles. The lowest BCUT2D eigenvalue weighted by Crippen LogP contribution is -2.10. The average molecular weight is 408 g/mol. The fourth-order valence-electron chi connectivity index (χ4n) is 3.00. The van der Waals surface area contributed by atoms with Gasteiger partial charge < -0.3 is 13.9 Å². The predicted molar refractivity (Wildman–Crippen MR) is 113 cm³/mol. The molecule has 0 aliphatic heterocycles. The Hall–Kier alpha value is -3.41. The van der Waals surface area contributed by atoms with Crippen molar-refractivity contribution in [3.63, 3.8) is 0 Å². The van der Waals surface area contributed by atoms with Gasteiger partial charge in [0.15, 0.2) is 5.78 Å². The van der Waals surface area contributed by atoms with Crippen molar-refractivity contribution in [1.29, 1.82) is 0 Å². The van der Waals surface area contributed by atoms with E-state index in [1.807, 2.05) is 26.0 Å². The molecule has 6 nitrogen and oxygen atoms in total. The summed E-state index contributed by atoms with van der Waals surface area (Å²) >= 11 is 0. The molecule has 6 heteroatoms. The zero-order chi connectivity index (χ0) is 21.5. The fourth-order valence-corrected chi connectivity index (χ4v) is 3.00. The molecule has 0 aliphatic carbocycles. The lowest BCUT2D eigenvalue weighted by molar-refractivity contribution is -0.144. The smallest absolute Gasteiger partial charge is 0.336 e. The Morgan fingerprint density at radius 1 is 1.00 bits per heavy atom. The van der Waals surface area contributed by atoms with Gasteiger partial charge in [0.05, 0.1) is 13.0 Å². The first kappa shape index (κ1) is 21.3. The van der Waals surface area contributed by atoms with E-state index in [4.69, 9.17) is 13.9 Å². The van der Waals surface area contributed by atoms with Gasteiger partial charge in [-0.05, 0) is 49.2 Å². The zero-order valence-corrected chi connectivity index (χ0v) is 17.1. The van der Waals surface area contributed by atoms with Crippen LogP contribution in [0.3, 0.4) is 0 Å². The first-order valence-corrected chi connectivity index (χ1v) is 9.91. The molecule has 1 heterocycles. The van der Waals surface area contributed by atoms with Gasteiger partial charge in [0, 0.05) is 29.0 Å². The van der Waals surface area contributed by atoms with Crippen LogP contribution in [0.25, 0.3) is 11.0 Å². The number of hydrogen-bond acceptors (Lipinski definition) is 6. The summed E-state index contributed by atoms with van der Waals surface area (Å²) < 4.78 is 16.0. The van der Waals surface area contributed by atoms with E-state index in [1.54, 1.807) is 30.3 Å². The fraction of sp³-hybridized carbons (Fsp3) is 0.292. The largest absolute Gasteiger partial charge is 0.494 e. The van der Waals surface area contributed by atoms with E-state index in [9.17, 15) is 14.4 Å². The van der Waals surface area contributed by atoms with Crippen LogP contribution in [0.4, 0.5) is 0 Å². The van der Waals surface area contributed by atoms with Gasteiger partial charge >= 0.3 is 11.6 Å². The number of ketones is 1. The molecule has 0 fully saturated rings. The highest BCUT2D eigenvalue weighted by atomic mass is 16.5. The molecular weight excluding hydrogens is 384 g/mol. The van der Waals surface area contributed by atoms with E-state index in [1.165, 1.54) is 6.07 Å². The molecule has 0 saturated carbocycles. The van der Waals surface area contributed by atoms with E-state index in [0.29, 0.717) is 29.1 Å². The molecule has 3 aromatic rings. The van der Waals surface area contributed by atoms with E-state index in [0.717, 1.165) is 17.4 Å². The van der Waals surface area contributed by atoms with Crippen LogP contribution < -0.4 is 10.4 Å². The van der Waals surface area contributed by atoms with Crippen LogP contribution in [0.15, 0.2) is 57.7 Å². The number of aryl methyl sites for hydroxylation is 1. The van der Waals surface area contributed by atoms with Gasteiger partial charge in [0.25, 0.3) is 0 Å². The summed E-state index contributed by atoms with van der Waals surface area (Å²) in [4.78, 5) is 36.2. The Labute approximate surface area is 174 Å². The second-order valence-corrected chi connectivity index (χ2v) is 7.05. The van der Waals surface area contributed by atoms with Crippen molar-refractivity contribution in [3.05, 3.63) is 75.6 Å². The molecule has 2 aromatic carbocycles. The van der Waals surface area contributed by atoms with E-state index >= 15 is 0 Å². The minimum atomic E-state index is -0.500. The third kappa shape index (κ3) is 5.56. The molecule has 156 valence electrons. The second kappa shape index (κ2) is 9.87. The van der Waals surface area contributed by atoms with Crippen LogP contribution in [0.5, 0.6) is 5.75 Å². The number of carbonyl (C=O) groups is 2. The Kier molecular flexibility index (Phi) is 7.01. The number of carbonyl (C=O) groups excluding carboxylic acids is 2. The number of hydrogen-bond donors (Lipinski definition) is 0. The lowest BCUT2D eigenvalue weighted by atomic mass is 10.1. The van der Waals surface area contributed by atoms with Gasteiger partial charge in [-0.25, -0.2) is 4.79 Å². The quantitative estimate of drug-likeness (QED) is 0.292. The van der Waals surface area contributed by atoms with Crippen LogP contribution in [0.2, 0.25) is 0 Å². The van der Waals surface area contributed by atoms with Crippen molar-refractivity contribution in [2.75, 3.05) is 6.61 Å². The van der Waals surface area contributed by atoms with Crippen molar-refractivity contribution in [3.8, 4) is 5.75 Å². The SMILES string of the molecule is CCCOc1ccc(C(=O)CCC(=O)OCc2cc(=O)oc3cc(C)ccc23)cc1. The molecule has 0 spiro atoms. The van der Waals surface area contributed by atoms with E-state index in [2.05, 4.69) is 0 Å². The first-order chi connectivity index (χ1) is 14.5. The maximum atomic E-state index is 12.3. The van der Waals surface area contributed by atoms with Crippen molar-refractivity contribution in [2.24, 2.45) is 0 Å². The van der Waals surface area contributed by atoms with Gasteiger partial charge in [-0.3, -0.25) is 9.59 Å². The van der Waals surface area contributed by atoms with Crippen molar-refractivity contribution >= 4 is 22.7 Å². The van der Waals surface area contributed by atoms with Crippen LogP contribution in [0, 0.1) is 6.92 Å². The minimum Gasteiger partial charge on any atom is -0.494 e. The van der Waals surface area contributed by atoms with Gasteiger partial charge in [-0.15, -0.1) is 0 Å². The highest BCUT2D eigenvalue weighted by Crippen LogP contribution is 2.20. The normalized spacial score (nSPS) is 10.7. The van der Waals surface area contributed by atoms with Crippen molar-refractivity contribution < 1.29 is 23.5 Å². The molecule has 0 amide bonds. The Morgan fingerprint density at radius 3 is 2.50 bits per heavy atom. The van der Waals surface area contributed by atoms with Crippen LogP contribution in [-0.4, -0.2) is 18.4 Å². The standard InChI is InChI=1S/C24H24O6/c1-3-12-28-19-7-5-17(6-8-19)21(25)10-11-23(26)29-15-18-14-24(27)30-22-13-16(2)4-9-20(18)22/h4-9,13-14H,3,10-12,15H2,1-2H3. The maximum Gasteiger partial charge on any atom is 0.336 e.